The first-order valence-electron chi connectivity index (χ1n) is 8.06. The highest BCUT2D eigenvalue weighted by Gasteiger charge is 2.32. The summed E-state index contributed by atoms with van der Waals surface area (Å²) in [4.78, 5) is 4.81. The molecular weight excluding hydrogens is 264 g/mol. The third kappa shape index (κ3) is 4.05. The van der Waals surface area contributed by atoms with Gasteiger partial charge >= 0.3 is 0 Å². The molecule has 1 aliphatic rings. The molecule has 1 heterocycles. The Labute approximate surface area is 128 Å². The van der Waals surface area contributed by atoms with E-state index in [0.717, 1.165) is 12.3 Å². The monoisotopic (exact) mass is 294 g/mol. The maximum atomic E-state index is 6.63. The summed E-state index contributed by atoms with van der Waals surface area (Å²) in [7, 11) is 0. The Morgan fingerprint density at radius 3 is 2.50 bits per heavy atom. The molecule has 1 fully saturated rings. The Hall–Kier alpha value is -0.410. The van der Waals surface area contributed by atoms with Gasteiger partial charge in [0.1, 0.15) is 0 Å². The van der Waals surface area contributed by atoms with Gasteiger partial charge in [0, 0.05) is 22.8 Å². The van der Waals surface area contributed by atoms with E-state index in [1.54, 1.807) is 11.3 Å². The summed E-state index contributed by atoms with van der Waals surface area (Å²) in [6.07, 6.45) is 8.60. The van der Waals surface area contributed by atoms with Gasteiger partial charge in [0.05, 0.1) is 10.7 Å². The van der Waals surface area contributed by atoms with Crippen LogP contribution in [0.25, 0.3) is 0 Å². The summed E-state index contributed by atoms with van der Waals surface area (Å²) in [5.74, 6) is 0.915. The van der Waals surface area contributed by atoms with E-state index in [2.05, 4.69) is 33.1 Å². The van der Waals surface area contributed by atoms with Gasteiger partial charge in [-0.05, 0) is 31.6 Å². The molecule has 0 aromatic carbocycles. The molecule has 0 radical (unpaired) electrons. The fourth-order valence-corrected chi connectivity index (χ4v) is 4.34. The van der Waals surface area contributed by atoms with Crippen LogP contribution in [0.2, 0.25) is 0 Å². The van der Waals surface area contributed by atoms with Gasteiger partial charge in [0.15, 0.2) is 0 Å². The topological polar surface area (TPSA) is 38.9 Å². The summed E-state index contributed by atoms with van der Waals surface area (Å²) >= 11 is 1.79. The zero-order chi connectivity index (χ0) is 14.8. The first-order valence-corrected chi connectivity index (χ1v) is 8.94. The first kappa shape index (κ1) is 16.0. The number of rotatable bonds is 4. The molecule has 0 bridgehead atoms. The Kier molecular flexibility index (Phi) is 4.91. The molecule has 1 aromatic heterocycles. The molecule has 0 amide bonds. The van der Waals surface area contributed by atoms with E-state index < -0.39 is 0 Å². The minimum Gasteiger partial charge on any atom is -0.325 e. The Morgan fingerprint density at radius 1 is 1.35 bits per heavy atom. The predicted octanol–water partition coefficient (Wildman–Crippen LogP) is 4.67. The van der Waals surface area contributed by atoms with Gasteiger partial charge in [-0.1, -0.05) is 40.5 Å². The number of hydrogen-bond acceptors (Lipinski definition) is 3. The fraction of sp³-hybridized carbons (Fsp3) is 0.824. The minimum atomic E-state index is -0.00273. The van der Waals surface area contributed by atoms with Gasteiger partial charge in [0.2, 0.25) is 0 Å². The molecule has 0 aliphatic heterocycles. The number of hydrogen-bond donors (Lipinski definition) is 1. The standard InChI is InChI=1S/C17H30N2S/c1-5-6-13-7-9-17(18,10-8-13)11-15-19-14(12-20-15)16(2,3)4/h12-13H,5-11,18H2,1-4H3. The molecule has 0 spiro atoms. The molecule has 1 aliphatic carbocycles. The van der Waals surface area contributed by atoms with Crippen LogP contribution in [-0.2, 0) is 11.8 Å². The van der Waals surface area contributed by atoms with Gasteiger partial charge in [-0.2, -0.15) is 0 Å². The Bertz CT molecular complexity index is 422. The van der Waals surface area contributed by atoms with Crippen molar-refractivity contribution in [2.75, 3.05) is 0 Å². The van der Waals surface area contributed by atoms with Crippen LogP contribution in [0.15, 0.2) is 5.38 Å². The van der Waals surface area contributed by atoms with Crippen molar-refractivity contribution in [1.82, 2.24) is 4.98 Å². The highest BCUT2D eigenvalue weighted by molar-refractivity contribution is 7.09. The molecule has 2 nitrogen and oxygen atoms in total. The van der Waals surface area contributed by atoms with Gasteiger partial charge in [0.25, 0.3) is 0 Å². The number of nitrogens with two attached hydrogens (primary N) is 1. The van der Waals surface area contributed by atoms with Crippen LogP contribution in [0.1, 0.15) is 76.9 Å². The second-order valence-corrected chi connectivity index (χ2v) is 8.59. The maximum Gasteiger partial charge on any atom is 0.0946 e. The number of thiazole rings is 1. The smallest absolute Gasteiger partial charge is 0.0946 e. The molecule has 1 saturated carbocycles. The SMILES string of the molecule is CCCC1CCC(N)(Cc2nc(C(C)(C)C)cs2)CC1. The maximum absolute atomic E-state index is 6.63. The molecule has 20 heavy (non-hydrogen) atoms. The molecular formula is C17H30N2S. The van der Waals surface area contributed by atoms with Crippen molar-refractivity contribution < 1.29 is 0 Å². The van der Waals surface area contributed by atoms with Crippen molar-refractivity contribution in [2.45, 2.75) is 83.6 Å². The lowest BCUT2D eigenvalue weighted by Gasteiger charge is -2.36. The fourth-order valence-electron chi connectivity index (χ4n) is 3.16. The molecule has 0 unspecified atom stereocenters. The van der Waals surface area contributed by atoms with E-state index >= 15 is 0 Å². The molecule has 114 valence electrons. The molecule has 3 heteroatoms. The zero-order valence-corrected chi connectivity index (χ0v) is 14.4. The molecule has 2 N–H and O–H groups in total. The van der Waals surface area contributed by atoms with Gasteiger partial charge in [-0.3, -0.25) is 0 Å². The van der Waals surface area contributed by atoms with Crippen molar-refractivity contribution in [3.8, 4) is 0 Å². The normalized spacial score (nSPS) is 27.8. The highest BCUT2D eigenvalue weighted by Crippen LogP contribution is 2.36. The van der Waals surface area contributed by atoms with E-state index in [0.29, 0.717) is 0 Å². The molecule has 0 saturated heterocycles. The second-order valence-electron chi connectivity index (χ2n) is 7.65. The number of nitrogens with zero attached hydrogens (tertiary/aromatic N) is 1. The van der Waals surface area contributed by atoms with Crippen molar-refractivity contribution in [3.63, 3.8) is 0 Å². The van der Waals surface area contributed by atoms with Crippen molar-refractivity contribution in [1.29, 1.82) is 0 Å². The average Bonchev–Trinajstić information content (AvgIpc) is 2.81. The van der Waals surface area contributed by atoms with Gasteiger partial charge in [-0.15, -0.1) is 11.3 Å². The summed E-state index contributed by atoms with van der Waals surface area (Å²) < 4.78 is 0. The summed E-state index contributed by atoms with van der Waals surface area (Å²) in [5, 5.41) is 3.44. The highest BCUT2D eigenvalue weighted by atomic mass is 32.1. The van der Waals surface area contributed by atoms with Crippen LogP contribution < -0.4 is 5.73 Å². The number of aromatic nitrogens is 1. The van der Waals surface area contributed by atoms with Crippen LogP contribution in [0.5, 0.6) is 0 Å². The third-order valence-corrected chi connectivity index (χ3v) is 5.47. The van der Waals surface area contributed by atoms with Crippen molar-refractivity contribution in [3.05, 3.63) is 16.1 Å². The van der Waals surface area contributed by atoms with Gasteiger partial charge < -0.3 is 5.73 Å². The minimum absolute atomic E-state index is 0.00273. The van der Waals surface area contributed by atoms with E-state index in [1.807, 2.05) is 0 Å². The Morgan fingerprint density at radius 2 is 2.00 bits per heavy atom. The van der Waals surface area contributed by atoms with Crippen LogP contribution in [0.3, 0.4) is 0 Å². The predicted molar refractivity (Wildman–Crippen MR) is 88.3 cm³/mol. The lowest BCUT2D eigenvalue weighted by atomic mass is 9.74. The van der Waals surface area contributed by atoms with Crippen LogP contribution in [0, 0.1) is 5.92 Å². The van der Waals surface area contributed by atoms with Crippen molar-refractivity contribution in [2.24, 2.45) is 11.7 Å². The van der Waals surface area contributed by atoms with Gasteiger partial charge in [-0.25, -0.2) is 4.98 Å². The third-order valence-electron chi connectivity index (χ3n) is 4.62. The summed E-state index contributed by atoms with van der Waals surface area (Å²) in [6, 6.07) is 0. The average molecular weight is 295 g/mol. The molecule has 0 atom stereocenters. The van der Waals surface area contributed by atoms with Crippen LogP contribution in [0.4, 0.5) is 0 Å². The van der Waals surface area contributed by atoms with E-state index in [9.17, 15) is 0 Å². The summed E-state index contributed by atoms with van der Waals surface area (Å²) in [6.45, 7) is 8.95. The molecule has 2 rings (SSSR count). The largest absolute Gasteiger partial charge is 0.325 e. The van der Waals surface area contributed by atoms with E-state index in [4.69, 9.17) is 10.7 Å². The lowest BCUT2D eigenvalue weighted by molar-refractivity contribution is 0.223. The molecule has 1 aromatic rings. The van der Waals surface area contributed by atoms with E-state index in [-0.39, 0.29) is 11.0 Å². The summed E-state index contributed by atoms with van der Waals surface area (Å²) in [5.41, 5.74) is 7.99. The van der Waals surface area contributed by atoms with Crippen LogP contribution >= 0.6 is 11.3 Å². The first-order chi connectivity index (χ1) is 9.32. The zero-order valence-electron chi connectivity index (χ0n) is 13.5. The lowest BCUT2D eigenvalue weighted by Crippen LogP contribution is -2.45. The van der Waals surface area contributed by atoms with Crippen LogP contribution in [-0.4, -0.2) is 10.5 Å². The quantitative estimate of drug-likeness (QED) is 0.876. The second kappa shape index (κ2) is 6.15. The Balaban J connectivity index is 1.94. The van der Waals surface area contributed by atoms with E-state index in [1.165, 1.54) is 49.2 Å². The van der Waals surface area contributed by atoms with Crippen molar-refractivity contribution >= 4 is 11.3 Å².